The van der Waals surface area contributed by atoms with Gasteiger partial charge in [0.1, 0.15) is 0 Å². The highest BCUT2D eigenvalue weighted by atomic mass is 16.1. The van der Waals surface area contributed by atoms with Crippen molar-refractivity contribution in [1.29, 1.82) is 0 Å². The summed E-state index contributed by atoms with van der Waals surface area (Å²) in [6.45, 7) is 4.66. The Labute approximate surface area is 114 Å². The van der Waals surface area contributed by atoms with Crippen LogP contribution >= 0.6 is 0 Å². The summed E-state index contributed by atoms with van der Waals surface area (Å²) < 4.78 is 1.48. The van der Waals surface area contributed by atoms with E-state index in [-0.39, 0.29) is 11.6 Å². The lowest BCUT2D eigenvalue weighted by Crippen LogP contribution is -2.35. The fourth-order valence-electron chi connectivity index (χ4n) is 2.57. The Bertz CT molecular complexity index is 451. The van der Waals surface area contributed by atoms with E-state index in [0.29, 0.717) is 6.54 Å². The van der Waals surface area contributed by atoms with Gasteiger partial charge < -0.3 is 10.6 Å². The van der Waals surface area contributed by atoms with Crippen molar-refractivity contribution in [3.8, 4) is 0 Å². The van der Waals surface area contributed by atoms with Gasteiger partial charge in [-0.3, -0.25) is 4.79 Å². The summed E-state index contributed by atoms with van der Waals surface area (Å²) in [7, 11) is 0. The Balaban J connectivity index is 2.06. The Morgan fingerprint density at radius 2 is 2.11 bits per heavy atom. The second kappa shape index (κ2) is 6.70. The molecule has 0 saturated carbocycles. The summed E-state index contributed by atoms with van der Waals surface area (Å²) in [5.41, 5.74) is 6.86. The fraction of sp³-hybridized carbons (Fsp3) is 0.714. The third kappa shape index (κ3) is 3.80. The lowest BCUT2D eigenvalue weighted by molar-refractivity contribution is 0.464. The first-order valence-electron chi connectivity index (χ1n) is 7.28. The van der Waals surface area contributed by atoms with Crippen LogP contribution in [0.1, 0.15) is 39.0 Å². The average molecular weight is 264 g/mol. The number of anilines is 1. The predicted molar refractivity (Wildman–Crippen MR) is 77.4 cm³/mol. The summed E-state index contributed by atoms with van der Waals surface area (Å²) in [5, 5.41) is 4.26. The second-order valence-corrected chi connectivity index (χ2v) is 5.33. The van der Waals surface area contributed by atoms with E-state index in [0.717, 1.165) is 31.6 Å². The molecule has 2 heterocycles. The minimum absolute atomic E-state index is 0.0102. The molecule has 1 aliphatic heterocycles. The number of nitrogens with two attached hydrogens (primary N) is 1. The molecule has 1 fully saturated rings. The molecule has 106 valence electrons. The average Bonchev–Trinajstić information content (AvgIpc) is 2.42. The standard InChI is InChI=1S/C14H24N4O/c1-2-6-12(15)11-18-14(19)9-13(10-16-18)17-7-4-3-5-8-17/h9-10,12H,2-8,11,15H2,1H3. The van der Waals surface area contributed by atoms with Crippen molar-refractivity contribution in [2.45, 2.75) is 51.6 Å². The van der Waals surface area contributed by atoms with Crippen LogP contribution in [0.25, 0.3) is 0 Å². The minimum Gasteiger partial charge on any atom is -0.370 e. The highest BCUT2D eigenvalue weighted by molar-refractivity contribution is 5.43. The topological polar surface area (TPSA) is 64.2 Å². The molecule has 2 N–H and O–H groups in total. The highest BCUT2D eigenvalue weighted by Crippen LogP contribution is 2.16. The molecule has 1 unspecified atom stereocenters. The molecule has 1 aromatic rings. The lowest BCUT2D eigenvalue weighted by atomic mass is 10.1. The molecule has 1 atom stereocenters. The molecule has 1 saturated heterocycles. The van der Waals surface area contributed by atoms with Gasteiger partial charge in [0.2, 0.25) is 0 Å². The van der Waals surface area contributed by atoms with Crippen LogP contribution in [-0.4, -0.2) is 28.9 Å². The highest BCUT2D eigenvalue weighted by Gasteiger charge is 2.13. The summed E-state index contributed by atoms with van der Waals surface area (Å²) in [5.74, 6) is 0. The van der Waals surface area contributed by atoms with E-state index in [1.807, 2.05) is 0 Å². The van der Waals surface area contributed by atoms with E-state index in [4.69, 9.17) is 5.73 Å². The number of nitrogens with zero attached hydrogens (tertiary/aromatic N) is 3. The van der Waals surface area contributed by atoms with Crippen LogP contribution in [0, 0.1) is 0 Å². The molecule has 5 heteroatoms. The van der Waals surface area contributed by atoms with Crippen molar-refractivity contribution in [2.24, 2.45) is 5.73 Å². The van der Waals surface area contributed by atoms with Crippen molar-refractivity contribution in [2.75, 3.05) is 18.0 Å². The zero-order valence-corrected chi connectivity index (χ0v) is 11.7. The van der Waals surface area contributed by atoms with Crippen LogP contribution in [0.2, 0.25) is 0 Å². The van der Waals surface area contributed by atoms with E-state index in [9.17, 15) is 4.79 Å². The van der Waals surface area contributed by atoms with Gasteiger partial charge in [0.25, 0.3) is 5.56 Å². The zero-order valence-electron chi connectivity index (χ0n) is 11.7. The molecule has 5 nitrogen and oxygen atoms in total. The first-order valence-corrected chi connectivity index (χ1v) is 7.28. The Hall–Kier alpha value is -1.36. The van der Waals surface area contributed by atoms with Crippen LogP contribution in [0.5, 0.6) is 0 Å². The van der Waals surface area contributed by atoms with Crippen LogP contribution in [-0.2, 0) is 6.54 Å². The normalized spacial score (nSPS) is 17.5. The maximum absolute atomic E-state index is 12.0. The molecular weight excluding hydrogens is 240 g/mol. The molecule has 1 aliphatic rings. The van der Waals surface area contributed by atoms with Gasteiger partial charge in [-0.25, -0.2) is 4.68 Å². The number of piperidine rings is 1. The van der Waals surface area contributed by atoms with Crippen molar-refractivity contribution in [3.63, 3.8) is 0 Å². The number of aromatic nitrogens is 2. The molecule has 0 aromatic carbocycles. The third-order valence-corrected chi connectivity index (χ3v) is 3.64. The first kappa shape index (κ1) is 14.1. The fourth-order valence-corrected chi connectivity index (χ4v) is 2.57. The molecule has 19 heavy (non-hydrogen) atoms. The van der Waals surface area contributed by atoms with Crippen LogP contribution in [0.3, 0.4) is 0 Å². The second-order valence-electron chi connectivity index (χ2n) is 5.33. The Kier molecular flexibility index (Phi) is 4.96. The third-order valence-electron chi connectivity index (χ3n) is 3.64. The van der Waals surface area contributed by atoms with Crippen molar-refractivity contribution >= 4 is 5.69 Å². The van der Waals surface area contributed by atoms with Gasteiger partial charge in [0, 0.05) is 25.2 Å². The molecule has 0 aliphatic carbocycles. The van der Waals surface area contributed by atoms with E-state index in [1.54, 1.807) is 12.3 Å². The number of hydrogen-bond acceptors (Lipinski definition) is 4. The van der Waals surface area contributed by atoms with Crippen molar-refractivity contribution in [1.82, 2.24) is 9.78 Å². The monoisotopic (exact) mass is 264 g/mol. The lowest BCUT2D eigenvalue weighted by Gasteiger charge is -2.28. The van der Waals surface area contributed by atoms with Crippen molar-refractivity contribution in [3.05, 3.63) is 22.6 Å². The molecule has 1 aromatic heterocycles. The quantitative estimate of drug-likeness (QED) is 0.872. The molecule has 0 amide bonds. The van der Waals surface area contributed by atoms with E-state index in [1.165, 1.54) is 23.9 Å². The number of hydrogen-bond donors (Lipinski definition) is 1. The van der Waals surface area contributed by atoms with E-state index >= 15 is 0 Å². The minimum atomic E-state index is -0.0466. The van der Waals surface area contributed by atoms with Gasteiger partial charge in [-0.2, -0.15) is 5.10 Å². The van der Waals surface area contributed by atoms with Gasteiger partial charge in [0.15, 0.2) is 0 Å². The van der Waals surface area contributed by atoms with Gasteiger partial charge in [-0.05, 0) is 25.7 Å². The van der Waals surface area contributed by atoms with E-state index < -0.39 is 0 Å². The maximum atomic E-state index is 12.0. The molecular formula is C14H24N4O. The van der Waals surface area contributed by atoms with Gasteiger partial charge in [-0.15, -0.1) is 0 Å². The Morgan fingerprint density at radius 3 is 2.74 bits per heavy atom. The maximum Gasteiger partial charge on any atom is 0.268 e. The summed E-state index contributed by atoms with van der Waals surface area (Å²) in [4.78, 5) is 14.3. The molecule has 0 radical (unpaired) electrons. The summed E-state index contributed by atoms with van der Waals surface area (Å²) in [6.07, 6.45) is 7.43. The molecule has 2 rings (SSSR count). The smallest absolute Gasteiger partial charge is 0.268 e. The molecule has 0 spiro atoms. The summed E-state index contributed by atoms with van der Waals surface area (Å²) in [6, 6.07) is 1.70. The number of rotatable bonds is 5. The zero-order chi connectivity index (χ0) is 13.7. The van der Waals surface area contributed by atoms with Gasteiger partial charge in [0.05, 0.1) is 18.4 Å². The van der Waals surface area contributed by atoms with Gasteiger partial charge in [-0.1, -0.05) is 13.3 Å². The van der Waals surface area contributed by atoms with Crippen LogP contribution in [0.4, 0.5) is 5.69 Å². The first-order chi connectivity index (χ1) is 9.20. The van der Waals surface area contributed by atoms with E-state index in [2.05, 4.69) is 16.9 Å². The van der Waals surface area contributed by atoms with Crippen LogP contribution < -0.4 is 16.2 Å². The SMILES string of the molecule is CCCC(N)Cn1ncc(N2CCCCC2)cc1=O. The largest absolute Gasteiger partial charge is 0.370 e. The van der Waals surface area contributed by atoms with Gasteiger partial charge >= 0.3 is 0 Å². The predicted octanol–water partition coefficient (Wildman–Crippen LogP) is 1.36. The van der Waals surface area contributed by atoms with Crippen LogP contribution in [0.15, 0.2) is 17.1 Å². The van der Waals surface area contributed by atoms with Crippen molar-refractivity contribution < 1.29 is 0 Å². The molecule has 0 bridgehead atoms. The summed E-state index contributed by atoms with van der Waals surface area (Å²) >= 11 is 0. The Morgan fingerprint density at radius 1 is 1.37 bits per heavy atom.